The number of ether oxygens (including phenoxy) is 1. The number of hydrogen-bond acceptors (Lipinski definition) is 2. The zero-order chi connectivity index (χ0) is 14.8. The average Bonchev–Trinajstić information content (AvgIpc) is 2.73. The van der Waals surface area contributed by atoms with E-state index in [1.165, 1.54) is 0 Å². The van der Waals surface area contributed by atoms with Crippen molar-refractivity contribution in [2.45, 2.75) is 32.7 Å². The van der Waals surface area contributed by atoms with Crippen LogP contribution in [0.2, 0.25) is 5.02 Å². The van der Waals surface area contributed by atoms with Crippen LogP contribution in [0.25, 0.3) is 11.0 Å². The lowest BCUT2D eigenvalue weighted by Gasteiger charge is -2.26. The molecule has 2 rings (SSSR count). The van der Waals surface area contributed by atoms with Crippen molar-refractivity contribution in [3.05, 3.63) is 29.0 Å². The van der Waals surface area contributed by atoms with Gasteiger partial charge in [0.05, 0.1) is 16.9 Å². The lowest BCUT2D eigenvalue weighted by Crippen LogP contribution is -2.22. The molecule has 0 bridgehead atoms. The SMILES string of the molecule is COCCC(C)(C)Cn1c(CCl)nc2cc(Cl)ccc21. The molecule has 20 heavy (non-hydrogen) atoms. The van der Waals surface area contributed by atoms with Gasteiger partial charge in [0, 0.05) is 25.3 Å². The van der Waals surface area contributed by atoms with Crippen LogP contribution in [0.4, 0.5) is 0 Å². The summed E-state index contributed by atoms with van der Waals surface area (Å²) >= 11 is 12.1. The quantitative estimate of drug-likeness (QED) is 0.734. The summed E-state index contributed by atoms with van der Waals surface area (Å²) in [6.07, 6.45) is 0.985. The van der Waals surface area contributed by atoms with Crippen molar-refractivity contribution >= 4 is 34.2 Å². The van der Waals surface area contributed by atoms with Gasteiger partial charge in [-0.2, -0.15) is 0 Å². The fourth-order valence-electron chi connectivity index (χ4n) is 2.32. The molecule has 0 aliphatic carbocycles. The minimum atomic E-state index is 0.115. The summed E-state index contributed by atoms with van der Waals surface area (Å²) in [5.41, 5.74) is 2.09. The maximum Gasteiger partial charge on any atom is 0.124 e. The van der Waals surface area contributed by atoms with Gasteiger partial charge in [-0.05, 0) is 30.0 Å². The number of fused-ring (bicyclic) bond motifs is 1. The Hall–Kier alpha value is -0.770. The van der Waals surface area contributed by atoms with Gasteiger partial charge in [0.2, 0.25) is 0 Å². The Balaban J connectivity index is 2.37. The molecule has 0 saturated carbocycles. The Morgan fingerprint density at radius 1 is 1.35 bits per heavy atom. The van der Waals surface area contributed by atoms with E-state index in [1.54, 1.807) is 7.11 Å². The van der Waals surface area contributed by atoms with Gasteiger partial charge in [0.15, 0.2) is 0 Å². The first-order chi connectivity index (χ1) is 9.46. The van der Waals surface area contributed by atoms with E-state index in [4.69, 9.17) is 27.9 Å². The van der Waals surface area contributed by atoms with Crippen LogP contribution in [0, 0.1) is 5.41 Å². The predicted octanol–water partition coefficient (Wildman–Crippen LogP) is 4.49. The van der Waals surface area contributed by atoms with Crippen molar-refractivity contribution in [2.24, 2.45) is 5.41 Å². The molecule has 0 fully saturated rings. The minimum absolute atomic E-state index is 0.115. The van der Waals surface area contributed by atoms with Gasteiger partial charge < -0.3 is 9.30 Å². The van der Waals surface area contributed by atoms with E-state index in [0.717, 1.165) is 36.4 Å². The van der Waals surface area contributed by atoms with Crippen LogP contribution in [-0.4, -0.2) is 23.3 Å². The van der Waals surface area contributed by atoms with Gasteiger partial charge in [0.25, 0.3) is 0 Å². The first-order valence-electron chi connectivity index (χ1n) is 6.66. The Bertz CT molecular complexity index is 593. The largest absolute Gasteiger partial charge is 0.385 e. The molecular formula is C15H20Cl2N2O. The van der Waals surface area contributed by atoms with Gasteiger partial charge >= 0.3 is 0 Å². The molecule has 0 spiro atoms. The number of alkyl halides is 1. The molecule has 3 nitrogen and oxygen atoms in total. The van der Waals surface area contributed by atoms with E-state index in [-0.39, 0.29) is 5.41 Å². The number of halogens is 2. The molecule has 0 atom stereocenters. The van der Waals surface area contributed by atoms with E-state index in [2.05, 4.69) is 23.4 Å². The van der Waals surface area contributed by atoms with Crippen molar-refractivity contribution in [3.63, 3.8) is 0 Å². The third kappa shape index (κ3) is 3.46. The monoisotopic (exact) mass is 314 g/mol. The number of methoxy groups -OCH3 is 1. The third-order valence-corrected chi connectivity index (χ3v) is 3.95. The highest BCUT2D eigenvalue weighted by atomic mass is 35.5. The maximum absolute atomic E-state index is 6.04. The molecule has 1 aromatic heterocycles. The van der Waals surface area contributed by atoms with Gasteiger partial charge in [-0.1, -0.05) is 25.4 Å². The zero-order valence-corrected chi connectivity index (χ0v) is 13.6. The summed E-state index contributed by atoms with van der Waals surface area (Å²) in [6.45, 7) is 6.07. The Morgan fingerprint density at radius 3 is 2.75 bits per heavy atom. The normalized spacial score (nSPS) is 12.2. The lowest BCUT2D eigenvalue weighted by molar-refractivity contribution is 0.143. The van der Waals surface area contributed by atoms with Crippen molar-refractivity contribution in [2.75, 3.05) is 13.7 Å². The fraction of sp³-hybridized carbons (Fsp3) is 0.533. The molecule has 2 aromatic rings. The van der Waals surface area contributed by atoms with Crippen molar-refractivity contribution in [3.8, 4) is 0 Å². The van der Waals surface area contributed by atoms with E-state index in [1.807, 2.05) is 18.2 Å². The summed E-state index contributed by atoms with van der Waals surface area (Å²) in [4.78, 5) is 4.57. The average molecular weight is 315 g/mol. The minimum Gasteiger partial charge on any atom is -0.385 e. The molecule has 110 valence electrons. The summed E-state index contributed by atoms with van der Waals surface area (Å²) in [6, 6.07) is 5.78. The molecule has 0 radical (unpaired) electrons. The van der Waals surface area contributed by atoms with Crippen LogP contribution >= 0.6 is 23.2 Å². The highest BCUT2D eigenvalue weighted by molar-refractivity contribution is 6.31. The summed E-state index contributed by atoms with van der Waals surface area (Å²) in [5.74, 6) is 1.28. The number of rotatable bonds is 6. The standard InChI is InChI=1S/C15H20Cl2N2O/c1-15(2,6-7-20-3)10-19-13-5-4-11(17)8-12(13)18-14(19)9-16/h4-5,8H,6-7,9-10H2,1-3H3. The molecule has 1 aromatic carbocycles. The van der Waals surface area contributed by atoms with E-state index < -0.39 is 0 Å². The van der Waals surface area contributed by atoms with Crippen LogP contribution in [-0.2, 0) is 17.2 Å². The van der Waals surface area contributed by atoms with Crippen LogP contribution in [0.3, 0.4) is 0 Å². The number of nitrogens with zero attached hydrogens (tertiary/aromatic N) is 2. The summed E-state index contributed by atoms with van der Waals surface area (Å²) in [5, 5.41) is 0.696. The molecule has 0 aliphatic rings. The lowest BCUT2D eigenvalue weighted by atomic mass is 9.89. The first-order valence-corrected chi connectivity index (χ1v) is 7.58. The first kappa shape index (κ1) is 15.6. The molecule has 5 heteroatoms. The van der Waals surface area contributed by atoms with Crippen LogP contribution < -0.4 is 0 Å². The smallest absolute Gasteiger partial charge is 0.124 e. The zero-order valence-electron chi connectivity index (χ0n) is 12.1. The van der Waals surface area contributed by atoms with Gasteiger partial charge in [-0.15, -0.1) is 11.6 Å². The molecule has 0 N–H and O–H groups in total. The van der Waals surface area contributed by atoms with Gasteiger partial charge in [-0.25, -0.2) is 4.98 Å². The Kier molecular flexibility index (Phi) is 4.95. The van der Waals surface area contributed by atoms with Crippen LogP contribution in [0.15, 0.2) is 18.2 Å². The van der Waals surface area contributed by atoms with Crippen molar-refractivity contribution in [1.82, 2.24) is 9.55 Å². The molecule has 0 saturated heterocycles. The summed E-state index contributed by atoms with van der Waals surface area (Å²) in [7, 11) is 1.73. The van der Waals surface area contributed by atoms with Gasteiger partial charge in [0.1, 0.15) is 5.82 Å². The van der Waals surface area contributed by atoms with E-state index >= 15 is 0 Å². The van der Waals surface area contributed by atoms with Crippen molar-refractivity contribution in [1.29, 1.82) is 0 Å². The second-order valence-corrected chi connectivity index (χ2v) is 6.49. The Labute approximate surface area is 129 Å². The topological polar surface area (TPSA) is 27.1 Å². The Morgan fingerprint density at radius 2 is 2.10 bits per heavy atom. The third-order valence-electron chi connectivity index (χ3n) is 3.48. The molecule has 0 amide bonds. The second-order valence-electron chi connectivity index (χ2n) is 5.79. The van der Waals surface area contributed by atoms with E-state index in [9.17, 15) is 0 Å². The molecule has 0 aliphatic heterocycles. The van der Waals surface area contributed by atoms with Crippen LogP contribution in [0.1, 0.15) is 26.1 Å². The van der Waals surface area contributed by atoms with E-state index in [0.29, 0.717) is 10.9 Å². The molecular weight excluding hydrogens is 295 g/mol. The highest BCUT2D eigenvalue weighted by Crippen LogP contribution is 2.28. The molecule has 0 unspecified atom stereocenters. The number of aromatic nitrogens is 2. The second kappa shape index (κ2) is 6.33. The number of benzene rings is 1. The highest BCUT2D eigenvalue weighted by Gasteiger charge is 2.21. The fourth-order valence-corrected chi connectivity index (χ4v) is 2.69. The predicted molar refractivity (Wildman–Crippen MR) is 84.6 cm³/mol. The summed E-state index contributed by atoms with van der Waals surface area (Å²) < 4.78 is 7.38. The van der Waals surface area contributed by atoms with Crippen molar-refractivity contribution < 1.29 is 4.74 Å². The van der Waals surface area contributed by atoms with Gasteiger partial charge in [-0.3, -0.25) is 0 Å². The van der Waals surface area contributed by atoms with Crippen LogP contribution in [0.5, 0.6) is 0 Å². The molecule has 1 heterocycles. The maximum atomic E-state index is 6.04. The number of hydrogen-bond donors (Lipinski definition) is 0. The number of imidazole rings is 1.